The van der Waals surface area contributed by atoms with Gasteiger partial charge < -0.3 is 0 Å². The van der Waals surface area contributed by atoms with Gasteiger partial charge in [0, 0.05) is 0 Å². The van der Waals surface area contributed by atoms with E-state index in [1.54, 1.807) is 18.3 Å². The first-order chi connectivity index (χ1) is 8.20. The first-order valence-electron chi connectivity index (χ1n) is 5.14. The van der Waals surface area contributed by atoms with Gasteiger partial charge in [-0.2, -0.15) is 10.4 Å². The van der Waals surface area contributed by atoms with Crippen molar-refractivity contribution >= 4 is 6.21 Å². The predicted molar refractivity (Wildman–Crippen MR) is 63.6 cm³/mol. The molecule has 0 saturated carbocycles. The summed E-state index contributed by atoms with van der Waals surface area (Å²) in [6.07, 6.45) is 1.68. The van der Waals surface area contributed by atoms with Crippen LogP contribution < -0.4 is 0 Å². The molecule has 0 amide bonds. The van der Waals surface area contributed by atoms with Gasteiger partial charge in [-0.25, -0.2) is 0 Å². The molecule has 5 heteroatoms. The second-order valence-electron chi connectivity index (χ2n) is 3.63. The molecule has 0 bridgehead atoms. The first-order valence-corrected chi connectivity index (χ1v) is 5.14. The maximum Gasteiger partial charge on any atom is 0.0991 e. The van der Waals surface area contributed by atoms with E-state index in [2.05, 4.69) is 21.5 Å². The highest BCUT2D eigenvalue weighted by molar-refractivity contribution is 5.79. The summed E-state index contributed by atoms with van der Waals surface area (Å²) in [6.45, 7) is 3.79. The van der Waals surface area contributed by atoms with Crippen molar-refractivity contribution in [2.75, 3.05) is 0 Å². The molecule has 1 heterocycles. The summed E-state index contributed by atoms with van der Waals surface area (Å²) < 4.78 is 0. The van der Waals surface area contributed by atoms with Crippen LogP contribution >= 0.6 is 0 Å². The van der Waals surface area contributed by atoms with Crippen molar-refractivity contribution in [3.63, 3.8) is 0 Å². The van der Waals surface area contributed by atoms with Crippen LogP contribution in [0.4, 0.5) is 0 Å². The van der Waals surface area contributed by atoms with Gasteiger partial charge in [-0.05, 0) is 36.8 Å². The van der Waals surface area contributed by atoms with Gasteiger partial charge in [0.25, 0.3) is 0 Å². The second kappa shape index (κ2) is 4.58. The highest BCUT2D eigenvalue weighted by Gasteiger charge is 2.00. The number of hydrogen-bond acceptors (Lipinski definition) is 4. The van der Waals surface area contributed by atoms with E-state index < -0.39 is 0 Å². The van der Waals surface area contributed by atoms with Crippen LogP contribution in [0.1, 0.15) is 22.5 Å². The van der Waals surface area contributed by atoms with Crippen molar-refractivity contribution in [2.45, 2.75) is 13.8 Å². The van der Waals surface area contributed by atoms with E-state index in [9.17, 15) is 0 Å². The van der Waals surface area contributed by atoms with Gasteiger partial charge in [0.1, 0.15) is 0 Å². The fourth-order valence-electron chi connectivity index (χ4n) is 1.27. The average Bonchev–Trinajstić information content (AvgIpc) is 2.68. The molecule has 1 aromatic heterocycles. The highest BCUT2D eigenvalue weighted by Crippen LogP contribution is 2.03. The molecule has 0 N–H and O–H groups in total. The SMILES string of the molecule is Cc1nnn(/N=C/c2ccc(C#N)cc2)c1C. The molecule has 84 valence electrons. The number of hydrogen-bond donors (Lipinski definition) is 0. The summed E-state index contributed by atoms with van der Waals surface area (Å²) in [5.41, 5.74) is 3.32. The third kappa shape index (κ3) is 2.37. The van der Waals surface area contributed by atoms with Gasteiger partial charge in [-0.15, -0.1) is 9.89 Å². The fourth-order valence-corrected chi connectivity index (χ4v) is 1.27. The molecule has 0 fully saturated rings. The number of nitrogens with zero attached hydrogens (tertiary/aromatic N) is 5. The Kier molecular flexibility index (Phi) is 2.97. The van der Waals surface area contributed by atoms with E-state index in [4.69, 9.17) is 5.26 Å². The number of aromatic nitrogens is 3. The Morgan fingerprint density at radius 2 is 2.00 bits per heavy atom. The topological polar surface area (TPSA) is 66.9 Å². The smallest absolute Gasteiger partial charge is 0.0991 e. The Morgan fingerprint density at radius 3 is 2.53 bits per heavy atom. The van der Waals surface area contributed by atoms with E-state index in [-0.39, 0.29) is 0 Å². The van der Waals surface area contributed by atoms with Crippen LogP contribution in [0.5, 0.6) is 0 Å². The van der Waals surface area contributed by atoms with Crippen LogP contribution in [0.15, 0.2) is 29.4 Å². The second-order valence-corrected chi connectivity index (χ2v) is 3.63. The lowest BCUT2D eigenvalue weighted by molar-refractivity contribution is 0.679. The van der Waals surface area contributed by atoms with E-state index in [0.717, 1.165) is 17.0 Å². The number of nitriles is 1. The van der Waals surface area contributed by atoms with Gasteiger partial charge in [-0.3, -0.25) is 0 Å². The minimum atomic E-state index is 0.634. The van der Waals surface area contributed by atoms with E-state index >= 15 is 0 Å². The number of rotatable bonds is 2. The van der Waals surface area contributed by atoms with Crippen molar-refractivity contribution in [3.05, 3.63) is 46.8 Å². The standard InChI is InChI=1S/C12H11N5/c1-9-10(2)17(16-15-9)14-8-12-5-3-11(7-13)4-6-12/h3-6,8H,1-2H3/b14-8+. The molecule has 2 rings (SSSR count). The molecule has 17 heavy (non-hydrogen) atoms. The normalized spacial score (nSPS) is 10.6. The van der Waals surface area contributed by atoms with Crippen molar-refractivity contribution in [1.29, 1.82) is 5.26 Å². The zero-order valence-electron chi connectivity index (χ0n) is 9.62. The van der Waals surface area contributed by atoms with Crippen LogP contribution in [0.2, 0.25) is 0 Å². The van der Waals surface area contributed by atoms with Gasteiger partial charge in [-0.1, -0.05) is 12.1 Å². The molecular weight excluding hydrogens is 214 g/mol. The van der Waals surface area contributed by atoms with Crippen molar-refractivity contribution in [1.82, 2.24) is 15.1 Å². The Balaban J connectivity index is 2.20. The summed E-state index contributed by atoms with van der Waals surface area (Å²) in [5.74, 6) is 0. The molecule has 0 spiro atoms. The Bertz CT molecular complexity index is 586. The molecule has 0 aliphatic heterocycles. The summed E-state index contributed by atoms with van der Waals surface area (Å²) in [5, 5.41) is 20.6. The van der Waals surface area contributed by atoms with Gasteiger partial charge in [0.05, 0.1) is 29.2 Å². The molecule has 2 aromatic rings. The Hall–Kier alpha value is -2.48. The average molecular weight is 225 g/mol. The zero-order valence-corrected chi connectivity index (χ0v) is 9.62. The third-order valence-electron chi connectivity index (χ3n) is 2.46. The van der Waals surface area contributed by atoms with E-state index in [1.165, 1.54) is 4.79 Å². The van der Waals surface area contributed by atoms with Crippen LogP contribution in [-0.2, 0) is 0 Å². The zero-order chi connectivity index (χ0) is 12.3. The van der Waals surface area contributed by atoms with E-state index in [1.807, 2.05) is 26.0 Å². The van der Waals surface area contributed by atoms with Crippen LogP contribution in [0.3, 0.4) is 0 Å². The lowest BCUT2D eigenvalue weighted by atomic mass is 10.2. The number of aryl methyl sites for hydroxylation is 1. The molecule has 0 atom stereocenters. The minimum Gasteiger partial charge on any atom is -0.192 e. The van der Waals surface area contributed by atoms with Gasteiger partial charge in [0.15, 0.2) is 0 Å². The van der Waals surface area contributed by atoms with Gasteiger partial charge in [0.2, 0.25) is 0 Å². The summed E-state index contributed by atoms with van der Waals surface area (Å²) in [6, 6.07) is 9.24. The lowest BCUT2D eigenvalue weighted by Crippen LogP contribution is -1.95. The minimum absolute atomic E-state index is 0.634. The summed E-state index contributed by atoms with van der Waals surface area (Å²) in [7, 11) is 0. The fraction of sp³-hybridized carbons (Fsp3) is 0.167. The first kappa shape index (κ1) is 11.0. The monoisotopic (exact) mass is 225 g/mol. The quantitative estimate of drug-likeness (QED) is 0.730. The van der Waals surface area contributed by atoms with Crippen molar-refractivity contribution in [3.8, 4) is 6.07 Å². The van der Waals surface area contributed by atoms with Crippen molar-refractivity contribution in [2.24, 2.45) is 5.10 Å². The maximum absolute atomic E-state index is 8.67. The highest BCUT2D eigenvalue weighted by atomic mass is 15.6. The molecule has 0 aliphatic carbocycles. The molecule has 0 saturated heterocycles. The molecule has 0 unspecified atom stereocenters. The number of benzene rings is 1. The van der Waals surface area contributed by atoms with Crippen LogP contribution in [0, 0.1) is 25.2 Å². The Labute approximate surface area is 99.0 Å². The molecule has 0 aliphatic rings. The Morgan fingerprint density at radius 1 is 1.29 bits per heavy atom. The molecular formula is C12H11N5. The molecule has 5 nitrogen and oxygen atoms in total. The van der Waals surface area contributed by atoms with Gasteiger partial charge >= 0.3 is 0 Å². The third-order valence-corrected chi connectivity index (χ3v) is 2.46. The molecule has 0 radical (unpaired) electrons. The largest absolute Gasteiger partial charge is 0.192 e. The van der Waals surface area contributed by atoms with Crippen LogP contribution in [-0.4, -0.2) is 21.3 Å². The maximum atomic E-state index is 8.67. The lowest BCUT2D eigenvalue weighted by Gasteiger charge is -1.95. The predicted octanol–water partition coefficient (Wildman–Crippen LogP) is 1.65. The summed E-state index contributed by atoms with van der Waals surface area (Å²) >= 11 is 0. The van der Waals surface area contributed by atoms with E-state index in [0.29, 0.717) is 5.56 Å². The van der Waals surface area contributed by atoms with Crippen LogP contribution in [0.25, 0.3) is 0 Å². The summed E-state index contributed by atoms with van der Waals surface area (Å²) in [4.78, 5) is 1.48. The van der Waals surface area contributed by atoms with Crippen molar-refractivity contribution < 1.29 is 0 Å². The molecule has 1 aromatic carbocycles.